The molecule has 0 unspecified atom stereocenters. The third-order valence-electron chi connectivity index (χ3n) is 2.39. The Balaban J connectivity index is 2.16. The maximum atomic E-state index is 11.1. The van der Waals surface area contributed by atoms with E-state index in [4.69, 9.17) is 15.4 Å². The molecule has 0 saturated carbocycles. The number of benzene rings is 2. The van der Waals surface area contributed by atoms with Crippen molar-refractivity contribution < 1.29 is 18.1 Å². The van der Waals surface area contributed by atoms with E-state index in [0.717, 1.165) is 0 Å². The average Bonchev–Trinajstić information content (AvgIpc) is 2.39. The van der Waals surface area contributed by atoms with Gasteiger partial charge in [-0.2, -0.15) is 0 Å². The molecular formula is C12H8ClNO5S. The molecule has 6 nitrogen and oxygen atoms in total. The summed E-state index contributed by atoms with van der Waals surface area (Å²) in [6.45, 7) is 0. The number of nitrogens with zero attached hydrogens (tertiary/aromatic N) is 1. The van der Waals surface area contributed by atoms with Gasteiger partial charge in [-0.05, 0) is 36.4 Å². The van der Waals surface area contributed by atoms with E-state index in [-0.39, 0.29) is 10.6 Å². The number of ether oxygens (including phenoxy) is 1. The minimum atomic E-state index is -3.77. The molecule has 20 heavy (non-hydrogen) atoms. The summed E-state index contributed by atoms with van der Waals surface area (Å²) in [5.74, 6) is 0.792. The highest BCUT2D eigenvalue weighted by molar-refractivity contribution is 8.13. The van der Waals surface area contributed by atoms with E-state index in [9.17, 15) is 18.5 Å². The second-order valence-corrected chi connectivity index (χ2v) is 6.33. The molecule has 0 saturated heterocycles. The molecule has 0 aliphatic heterocycles. The lowest BCUT2D eigenvalue weighted by atomic mass is 10.3. The summed E-state index contributed by atoms with van der Waals surface area (Å²) in [6, 6.07) is 11.0. The predicted molar refractivity (Wildman–Crippen MR) is 72.7 cm³/mol. The number of halogens is 1. The van der Waals surface area contributed by atoms with Crippen LogP contribution in [-0.4, -0.2) is 13.3 Å². The van der Waals surface area contributed by atoms with E-state index in [1.807, 2.05) is 0 Å². The Morgan fingerprint density at radius 3 is 1.80 bits per heavy atom. The molecule has 0 radical (unpaired) electrons. The first kappa shape index (κ1) is 14.3. The van der Waals surface area contributed by atoms with Crippen molar-refractivity contribution in [3.05, 3.63) is 58.6 Å². The van der Waals surface area contributed by atoms with Crippen LogP contribution in [0.3, 0.4) is 0 Å². The number of nitro groups is 1. The van der Waals surface area contributed by atoms with Gasteiger partial charge in [-0.3, -0.25) is 10.1 Å². The molecule has 0 atom stereocenters. The van der Waals surface area contributed by atoms with Crippen molar-refractivity contribution in [1.82, 2.24) is 0 Å². The van der Waals surface area contributed by atoms with Crippen LogP contribution in [0.2, 0.25) is 0 Å². The van der Waals surface area contributed by atoms with Crippen LogP contribution in [0, 0.1) is 10.1 Å². The molecule has 0 amide bonds. The van der Waals surface area contributed by atoms with Gasteiger partial charge < -0.3 is 4.74 Å². The molecule has 0 bridgehead atoms. The molecule has 0 spiro atoms. The monoisotopic (exact) mass is 313 g/mol. The van der Waals surface area contributed by atoms with Gasteiger partial charge in [-0.1, -0.05) is 0 Å². The normalized spacial score (nSPS) is 11.1. The molecule has 2 rings (SSSR count). The topological polar surface area (TPSA) is 86.5 Å². The summed E-state index contributed by atoms with van der Waals surface area (Å²) in [7, 11) is 1.42. The van der Waals surface area contributed by atoms with Crippen molar-refractivity contribution in [3.8, 4) is 11.5 Å². The third kappa shape index (κ3) is 3.46. The molecule has 0 aliphatic rings. The third-order valence-corrected chi connectivity index (χ3v) is 3.76. The Bertz CT molecular complexity index is 725. The molecule has 2 aromatic carbocycles. The van der Waals surface area contributed by atoms with Crippen molar-refractivity contribution in [2.24, 2.45) is 0 Å². The highest BCUT2D eigenvalue weighted by atomic mass is 35.7. The van der Waals surface area contributed by atoms with E-state index in [1.165, 1.54) is 48.5 Å². The summed E-state index contributed by atoms with van der Waals surface area (Å²) < 4.78 is 27.5. The van der Waals surface area contributed by atoms with Crippen LogP contribution in [0.4, 0.5) is 5.69 Å². The zero-order valence-electron chi connectivity index (χ0n) is 9.89. The van der Waals surface area contributed by atoms with Crippen LogP contribution in [0.25, 0.3) is 0 Å². The highest BCUT2D eigenvalue weighted by Gasteiger charge is 2.10. The number of non-ortho nitro benzene ring substituents is 1. The van der Waals surface area contributed by atoms with Gasteiger partial charge >= 0.3 is 0 Å². The molecule has 0 fully saturated rings. The first-order chi connectivity index (χ1) is 9.36. The molecule has 2 aromatic rings. The summed E-state index contributed by atoms with van der Waals surface area (Å²) in [6.07, 6.45) is 0. The maximum absolute atomic E-state index is 11.1. The van der Waals surface area contributed by atoms with Gasteiger partial charge in [0.25, 0.3) is 14.7 Å². The SMILES string of the molecule is O=[N+]([O-])c1ccc(Oc2ccc(S(=O)(=O)Cl)cc2)cc1. The quantitative estimate of drug-likeness (QED) is 0.491. The first-order valence-electron chi connectivity index (χ1n) is 5.33. The molecule has 0 N–H and O–H groups in total. The van der Waals surface area contributed by atoms with Gasteiger partial charge in [-0.25, -0.2) is 8.42 Å². The fourth-order valence-electron chi connectivity index (χ4n) is 1.44. The van der Waals surface area contributed by atoms with Crippen molar-refractivity contribution in [2.45, 2.75) is 4.90 Å². The van der Waals surface area contributed by atoms with E-state index >= 15 is 0 Å². The van der Waals surface area contributed by atoms with Crippen LogP contribution in [0.15, 0.2) is 53.4 Å². The Hall–Kier alpha value is -2.12. The van der Waals surface area contributed by atoms with E-state index in [1.54, 1.807) is 0 Å². The van der Waals surface area contributed by atoms with Gasteiger partial charge in [-0.15, -0.1) is 0 Å². The van der Waals surface area contributed by atoms with Crippen LogP contribution >= 0.6 is 10.7 Å². The average molecular weight is 314 g/mol. The van der Waals surface area contributed by atoms with Crippen LogP contribution in [0.1, 0.15) is 0 Å². The molecule has 8 heteroatoms. The van der Waals surface area contributed by atoms with Crippen molar-refractivity contribution in [1.29, 1.82) is 0 Å². The zero-order chi connectivity index (χ0) is 14.8. The van der Waals surface area contributed by atoms with Gasteiger partial charge in [0.05, 0.1) is 9.82 Å². The molecule has 104 valence electrons. The first-order valence-corrected chi connectivity index (χ1v) is 7.64. The minimum absolute atomic E-state index is 0.0322. The second kappa shape index (κ2) is 5.48. The Labute approximate surface area is 119 Å². The lowest BCUT2D eigenvalue weighted by molar-refractivity contribution is -0.384. The van der Waals surface area contributed by atoms with Crippen LogP contribution in [0.5, 0.6) is 11.5 Å². The van der Waals surface area contributed by atoms with Crippen molar-refractivity contribution in [3.63, 3.8) is 0 Å². The summed E-state index contributed by atoms with van der Waals surface area (Å²) in [5.41, 5.74) is -0.0408. The molecule has 0 heterocycles. The Morgan fingerprint density at radius 1 is 0.950 bits per heavy atom. The largest absolute Gasteiger partial charge is 0.457 e. The summed E-state index contributed by atoms with van der Waals surface area (Å²) in [5, 5.41) is 10.5. The number of hydrogen-bond acceptors (Lipinski definition) is 5. The zero-order valence-corrected chi connectivity index (χ0v) is 11.5. The molecule has 0 aliphatic carbocycles. The summed E-state index contributed by atoms with van der Waals surface area (Å²) in [4.78, 5) is 9.96. The van der Waals surface area contributed by atoms with Crippen LogP contribution < -0.4 is 4.74 Å². The summed E-state index contributed by atoms with van der Waals surface area (Å²) >= 11 is 0. The fourth-order valence-corrected chi connectivity index (χ4v) is 2.21. The lowest BCUT2D eigenvalue weighted by Crippen LogP contribution is -1.91. The van der Waals surface area contributed by atoms with E-state index in [2.05, 4.69) is 0 Å². The predicted octanol–water partition coefficient (Wildman–Crippen LogP) is 3.31. The van der Waals surface area contributed by atoms with Crippen molar-refractivity contribution >= 4 is 25.4 Å². The van der Waals surface area contributed by atoms with Gasteiger partial charge in [0.15, 0.2) is 0 Å². The number of hydrogen-bond donors (Lipinski definition) is 0. The van der Waals surface area contributed by atoms with Gasteiger partial charge in [0.1, 0.15) is 11.5 Å². The number of nitro benzene ring substituents is 1. The van der Waals surface area contributed by atoms with E-state index < -0.39 is 14.0 Å². The Kier molecular flexibility index (Phi) is 3.91. The molecular weight excluding hydrogens is 306 g/mol. The fraction of sp³-hybridized carbons (Fsp3) is 0. The van der Waals surface area contributed by atoms with Gasteiger partial charge in [0, 0.05) is 22.8 Å². The number of rotatable bonds is 4. The maximum Gasteiger partial charge on any atom is 0.269 e. The Morgan fingerprint density at radius 2 is 1.40 bits per heavy atom. The minimum Gasteiger partial charge on any atom is -0.457 e. The van der Waals surface area contributed by atoms with E-state index in [0.29, 0.717) is 11.5 Å². The lowest BCUT2D eigenvalue weighted by Gasteiger charge is -2.05. The second-order valence-electron chi connectivity index (χ2n) is 3.76. The van der Waals surface area contributed by atoms with Gasteiger partial charge in [0.2, 0.25) is 0 Å². The van der Waals surface area contributed by atoms with Crippen molar-refractivity contribution in [2.75, 3.05) is 0 Å². The smallest absolute Gasteiger partial charge is 0.269 e. The van der Waals surface area contributed by atoms with Crippen LogP contribution in [-0.2, 0) is 9.05 Å². The molecule has 0 aromatic heterocycles. The highest BCUT2D eigenvalue weighted by Crippen LogP contribution is 2.25. The standard InChI is InChI=1S/C12H8ClNO5S/c13-20(17,18)12-7-5-11(6-8-12)19-10-3-1-9(2-4-10)14(15)16/h1-8H.